The summed E-state index contributed by atoms with van der Waals surface area (Å²) in [5.74, 6) is -2.61. The van der Waals surface area contributed by atoms with Crippen LogP contribution in [0, 0.1) is 0 Å². The van der Waals surface area contributed by atoms with Crippen molar-refractivity contribution in [2.45, 2.75) is 64.8 Å². The second kappa shape index (κ2) is 19.2. The monoisotopic (exact) mass is 631 g/mol. The molecule has 15 heteroatoms. The van der Waals surface area contributed by atoms with Gasteiger partial charge in [-0.25, -0.2) is 0 Å². The van der Waals surface area contributed by atoms with Gasteiger partial charge in [0.05, 0.1) is 33.0 Å². The van der Waals surface area contributed by atoms with Gasteiger partial charge in [0, 0.05) is 86.6 Å². The molecule has 252 valence electrons. The summed E-state index contributed by atoms with van der Waals surface area (Å²) in [5.41, 5.74) is 0. The summed E-state index contributed by atoms with van der Waals surface area (Å²) in [4.78, 5) is 54.8. The van der Waals surface area contributed by atoms with Crippen LogP contribution in [0.4, 0.5) is 0 Å². The fourth-order valence-electron chi connectivity index (χ4n) is 5.36. The maximum Gasteiger partial charge on any atom is 0.303 e. The molecule has 3 aliphatic rings. The highest BCUT2D eigenvalue weighted by molar-refractivity contribution is 5.68. The lowest BCUT2D eigenvalue weighted by molar-refractivity contribution is -0.308. The maximum absolute atomic E-state index is 12.1. The van der Waals surface area contributed by atoms with Gasteiger partial charge in [-0.05, 0) is 6.42 Å². The van der Waals surface area contributed by atoms with Crippen molar-refractivity contribution in [1.82, 2.24) is 14.7 Å². The smallest absolute Gasteiger partial charge is 0.303 e. The lowest BCUT2D eigenvalue weighted by Crippen LogP contribution is -2.63. The molecule has 3 saturated heterocycles. The predicted octanol–water partition coefficient (Wildman–Crippen LogP) is -0.557. The topological polar surface area (TPSA) is 152 Å². The Morgan fingerprint density at radius 3 is 1.68 bits per heavy atom. The minimum Gasteiger partial charge on any atom is -0.463 e. The minimum atomic E-state index is -1.25. The Kier molecular flexibility index (Phi) is 15.7. The van der Waals surface area contributed by atoms with E-state index in [1.807, 2.05) is 0 Å². The first kappa shape index (κ1) is 36.1. The number of carbonyl (C=O) groups excluding carboxylic acids is 4. The number of esters is 4. The average molecular weight is 632 g/mol. The molecule has 0 radical (unpaired) electrons. The van der Waals surface area contributed by atoms with Gasteiger partial charge in [-0.15, -0.1) is 0 Å². The fourth-order valence-corrected chi connectivity index (χ4v) is 5.36. The van der Waals surface area contributed by atoms with Gasteiger partial charge in [-0.3, -0.25) is 29.0 Å². The summed E-state index contributed by atoms with van der Waals surface area (Å²) in [6, 6.07) is 0. The molecule has 15 nitrogen and oxygen atoms in total. The molecule has 5 atom stereocenters. The Bertz CT molecular complexity index is 890. The quantitative estimate of drug-likeness (QED) is 0.122. The van der Waals surface area contributed by atoms with Crippen LogP contribution in [-0.4, -0.2) is 168 Å². The largest absolute Gasteiger partial charge is 0.463 e. The highest BCUT2D eigenvalue weighted by atomic mass is 16.7. The lowest BCUT2D eigenvalue weighted by atomic mass is 9.98. The van der Waals surface area contributed by atoms with E-state index in [1.54, 1.807) is 0 Å². The molecule has 0 aliphatic carbocycles. The summed E-state index contributed by atoms with van der Waals surface area (Å²) in [7, 11) is 0. The highest BCUT2D eigenvalue weighted by Crippen LogP contribution is 2.30. The van der Waals surface area contributed by atoms with Crippen LogP contribution in [0.5, 0.6) is 0 Å². The third kappa shape index (κ3) is 12.9. The van der Waals surface area contributed by atoms with Gasteiger partial charge in [0.15, 0.2) is 24.6 Å². The van der Waals surface area contributed by atoms with Crippen molar-refractivity contribution in [2.75, 3.05) is 98.5 Å². The van der Waals surface area contributed by atoms with Crippen molar-refractivity contribution < 1.29 is 57.1 Å². The average Bonchev–Trinajstić information content (AvgIpc) is 2.98. The zero-order chi connectivity index (χ0) is 31.9. The number of rotatable bonds is 16. The first-order valence-electron chi connectivity index (χ1n) is 15.4. The summed E-state index contributed by atoms with van der Waals surface area (Å²) in [6.45, 7) is 15.8. The van der Waals surface area contributed by atoms with Crippen LogP contribution in [-0.2, 0) is 57.1 Å². The van der Waals surface area contributed by atoms with Crippen molar-refractivity contribution in [3.8, 4) is 0 Å². The Morgan fingerprint density at radius 1 is 0.682 bits per heavy atom. The van der Waals surface area contributed by atoms with Gasteiger partial charge in [0.25, 0.3) is 0 Å². The predicted molar refractivity (Wildman–Crippen MR) is 153 cm³/mol. The first-order chi connectivity index (χ1) is 21.1. The third-order valence-electron chi connectivity index (χ3n) is 7.52. The van der Waals surface area contributed by atoms with Crippen LogP contribution < -0.4 is 0 Å². The SMILES string of the molecule is CC(=O)OCC1O[C@@H](OCCCN(CCN2CCOCC2)CCN2CCOCC2)C(OC(C)=O)C(OC(C)=O)[C@@H]1OC(C)=O. The van der Waals surface area contributed by atoms with Gasteiger partial charge >= 0.3 is 23.9 Å². The molecule has 0 aromatic heterocycles. The minimum absolute atomic E-state index is 0.235. The molecule has 0 amide bonds. The first-order valence-corrected chi connectivity index (χ1v) is 15.4. The number of morpholine rings is 2. The highest BCUT2D eigenvalue weighted by Gasteiger charge is 2.52. The molecule has 3 aliphatic heterocycles. The normalized spacial score (nSPS) is 26.6. The van der Waals surface area contributed by atoms with Crippen LogP contribution >= 0.6 is 0 Å². The summed E-state index contributed by atoms with van der Waals surface area (Å²) < 4.78 is 44.6. The molecule has 3 heterocycles. The molecule has 0 aromatic rings. The van der Waals surface area contributed by atoms with E-state index in [-0.39, 0.29) is 13.2 Å². The van der Waals surface area contributed by atoms with Crippen LogP contribution in [0.3, 0.4) is 0 Å². The van der Waals surface area contributed by atoms with Crippen LogP contribution in [0.2, 0.25) is 0 Å². The molecule has 44 heavy (non-hydrogen) atoms. The Hall–Kier alpha value is -2.40. The Labute approximate surface area is 259 Å². The van der Waals surface area contributed by atoms with Crippen LogP contribution in [0.15, 0.2) is 0 Å². The molecule has 0 spiro atoms. The van der Waals surface area contributed by atoms with Crippen molar-refractivity contribution in [2.24, 2.45) is 0 Å². The van der Waals surface area contributed by atoms with E-state index >= 15 is 0 Å². The van der Waals surface area contributed by atoms with E-state index in [1.165, 1.54) is 27.7 Å². The van der Waals surface area contributed by atoms with E-state index in [2.05, 4.69) is 14.7 Å². The Balaban J connectivity index is 1.65. The number of hydrogen-bond donors (Lipinski definition) is 0. The second-order valence-corrected chi connectivity index (χ2v) is 11.0. The van der Waals surface area contributed by atoms with Gasteiger partial charge in [-0.2, -0.15) is 0 Å². The third-order valence-corrected chi connectivity index (χ3v) is 7.52. The standard InChI is InChI=1S/C29H49N3O12/c1-21(33)40-20-25-26(41-22(2)34)27(42-23(3)35)28(43-24(4)36)29(44-25)39-15-5-6-30(7-9-31-11-16-37-17-12-31)8-10-32-13-18-38-19-14-32/h25-29H,5-20H2,1-4H3/t25?,26-,27?,28?,29-/m1/s1. The maximum atomic E-state index is 12.1. The van der Waals surface area contributed by atoms with E-state index < -0.39 is 54.6 Å². The van der Waals surface area contributed by atoms with Gasteiger partial charge in [0.1, 0.15) is 12.7 Å². The molecule has 3 fully saturated rings. The molecule has 0 saturated carbocycles. The van der Waals surface area contributed by atoms with Crippen LogP contribution in [0.25, 0.3) is 0 Å². The zero-order valence-corrected chi connectivity index (χ0v) is 26.4. The van der Waals surface area contributed by atoms with Crippen molar-refractivity contribution in [3.05, 3.63) is 0 Å². The molecule has 0 aromatic carbocycles. The van der Waals surface area contributed by atoms with Gasteiger partial charge in [-0.1, -0.05) is 0 Å². The van der Waals surface area contributed by atoms with E-state index in [0.29, 0.717) is 6.42 Å². The lowest BCUT2D eigenvalue weighted by Gasteiger charge is -2.44. The fraction of sp³-hybridized carbons (Fsp3) is 0.862. The molecule has 0 N–H and O–H groups in total. The Morgan fingerprint density at radius 2 is 1.18 bits per heavy atom. The van der Waals surface area contributed by atoms with Crippen molar-refractivity contribution >= 4 is 23.9 Å². The number of ether oxygens (including phenoxy) is 8. The van der Waals surface area contributed by atoms with Gasteiger partial charge in [0.2, 0.25) is 0 Å². The summed E-state index contributed by atoms with van der Waals surface area (Å²) in [6.07, 6.45) is -5.27. The number of carbonyl (C=O) groups is 4. The second-order valence-electron chi connectivity index (χ2n) is 11.0. The molecular formula is C29H49N3O12. The van der Waals surface area contributed by atoms with E-state index in [9.17, 15) is 19.2 Å². The molecule has 3 unspecified atom stereocenters. The molecule has 0 bridgehead atoms. The number of nitrogens with zero attached hydrogens (tertiary/aromatic N) is 3. The molecular weight excluding hydrogens is 582 g/mol. The number of hydrogen-bond acceptors (Lipinski definition) is 15. The zero-order valence-electron chi connectivity index (χ0n) is 26.4. The van der Waals surface area contributed by atoms with E-state index in [4.69, 9.17) is 37.9 Å². The van der Waals surface area contributed by atoms with E-state index in [0.717, 1.165) is 85.3 Å². The van der Waals surface area contributed by atoms with Gasteiger partial charge < -0.3 is 42.8 Å². The summed E-state index contributed by atoms with van der Waals surface area (Å²) in [5, 5.41) is 0. The van der Waals surface area contributed by atoms with Crippen molar-refractivity contribution in [3.63, 3.8) is 0 Å². The van der Waals surface area contributed by atoms with Crippen LogP contribution in [0.1, 0.15) is 34.1 Å². The van der Waals surface area contributed by atoms with Crippen molar-refractivity contribution in [1.29, 1.82) is 0 Å². The molecule has 3 rings (SSSR count). The summed E-state index contributed by atoms with van der Waals surface area (Å²) >= 11 is 0.